The summed E-state index contributed by atoms with van der Waals surface area (Å²) in [4.78, 5) is 4.21. The molecule has 1 aromatic carbocycles. The number of anilines is 1. The van der Waals surface area contributed by atoms with Gasteiger partial charge in [-0.1, -0.05) is 11.6 Å². The van der Waals surface area contributed by atoms with Gasteiger partial charge in [0, 0.05) is 18.8 Å². The molecule has 0 unspecified atom stereocenters. The summed E-state index contributed by atoms with van der Waals surface area (Å²) >= 11 is 6.13. The topological polar surface area (TPSA) is 53.1 Å². The van der Waals surface area contributed by atoms with Crippen LogP contribution in [-0.2, 0) is 7.05 Å². The van der Waals surface area contributed by atoms with Crippen molar-refractivity contribution in [2.45, 2.75) is 0 Å². The first kappa shape index (κ1) is 10.8. The minimum atomic E-state index is 0.460. The third-order valence-corrected chi connectivity index (χ3v) is 2.68. The third-order valence-electron chi connectivity index (χ3n) is 2.36. The number of nitrogens with two attached hydrogens (primary N) is 1. The minimum absolute atomic E-state index is 0.460. The number of rotatable bonds is 2. The van der Waals surface area contributed by atoms with Gasteiger partial charge in [0.05, 0.1) is 17.8 Å². The summed E-state index contributed by atoms with van der Waals surface area (Å²) in [5.74, 6) is 1.18. The van der Waals surface area contributed by atoms with Crippen molar-refractivity contribution in [1.29, 1.82) is 0 Å². The molecule has 0 aliphatic rings. The first-order valence-electron chi connectivity index (χ1n) is 4.74. The Morgan fingerprint density at radius 1 is 1.44 bits per heavy atom. The van der Waals surface area contributed by atoms with Crippen molar-refractivity contribution in [3.8, 4) is 17.0 Å². The first-order valence-corrected chi connectivity index (χ1v) is 5.12. The molecule has 1 heterocycles. The SMILES string of the molecule is COc1ccc(-c2cn(C)c(N)n2)c(Cl)c1. The van der Waals surface area contributed by atoms with Crippen molar-refractivity contribution in [2.75, 3.05) is 12.8 Å². The zero-order valence-corrected chi connectivity index (χ0v) is 9.82. The maximum atomic E-state index is 6.13. The summed E-state index contributed by atoms with van der Waals surface area (Å²) in [5, 5.41) is 0.595. The lowest BCUT2D eigenvalue weighted by molar-refractivity contribution is 0.415. The van der Waals surface area contributed by atoms with Crippen molar-refractivity contribution >= 4 is 17.5 Å². The van der Waals surface area contributed by atoms with Crippen molar-refractivity contribution < 1.29 is 4.74 Å². The Labute approximate surface area is 98.6 Å². The van der Waals surface area contributed by atoms with Crippen LogP contribution in [0.2, 0.25) is 5.02 Å². The molecule has 16 heavy (non-hydrogen) atoms. The molecule has 0 radical (unpaired) electrons. The highest BCUT2D eigenvalue weighted by atomic mass is 35.5. The summed E-state index contributed by atoms with van der Waals surface area (Å²) < 4.78 is 6.83. The van der Waals surface area contributed by atoms with Crippen molar-refractivity contribution in [2.24, 2.45) is 7.05 Å². The van der Waals surface area contributed by atoms with E-state index in [-0.39, 0.29) is 0 Å². The molecule has 1 aromatic heterocycles. The molecule has 0 aliphatic heterocycles. The fraction of sp³-hybridized carbons (Fsp3) is 0.182. The Balaban J connectivity index is 2.48. The Morgan fingerprint density at radius 3 is 2.69 bits per heavy atom. The normalized spacial score (nSPS) is 10.4. The van der Waals surface area contributed by atoms with E-state index in [1.54, 1.807) is 17.7 Å². The van der Waals surface area contributed by atoms with Gasteiger partial charge in [-0.25, -0.2) is 4.98 Å². The Kier molecular flexibility index (Phi) is 2.75. The van der Waals surface area contributed by atoms with E-state index in [9.17, 15) is 0 Å². The van der Waals surface area contributed by atoms with E-state index in [0.717, 1.165) is 17.0 Å². The zero-order chi connectivity index (χ0) is 11.7. The fourth-order valence-corrected chi connectivity index (χ4v) is 1.71. The third kappa shape index (κ3) is 1.84. The highest BCUT2D eigenvalue weighted by Crippen LogP contribution is 2.30. The number of aryl methyl sites for hydroxylation is 1. The molecule has 2 rings (SSSR count). The van der Waals surface area contributed by atoms with Gasteiger partial charge in [-0.2, -0.15) is 0 Å². The van der Waals surface area contributed by atoms with Crippen LogP contribution in [-0.4, -0.2) is 16.7 Å². The van der Waals surface area contributed by atoms with Gasteiger partial charge in [0.15, 0.2) is 5.95 Å². The quantitative estimate of drug-likeness (QED) is 0.872. The second-order valence-electron chi connectivity index (χ2n) is 3.44. The molecule has 84 valence electrons. The van der Waals surface area contributed by atoms with Gasteiger partial charge in [0.1, 0.15) is 5.75 Å². The summed E-state index contributed by atoms with van der Waals surface area (Å²) in [6.07, 6.45) is 1.84. The first-order chi connectivity index (χ1) is 7.61. The fourth-order valence-electron chi connectivity index (χ4n) is 1.44. The van der Waals surface area contributed by atoms with E-state index in [2.05, 4.69) is 4.98 Å². The van der Waals surface area contributed by atoms with Crippen LogP contribution in [0.5, 0.6) is 5.75 Å². The van der Waals surface area contributed by atoms with E-state index in [1.807, 2.05) is 25.4 Å². The zero-order valence-electron chi connectivity index (χ0n) is 9.07. The number of aromatic nitrogens is 2. The van der Waals surface area contributed by atoms with Crippen molar-refractivity contribution in [3.05, 3.63) is 29.4 Å². The minimum Gasteiger partial charge on any atom is -0.497 e. The molecule has 0 saturated heterocycles. The predicted molar refractivity (Wildman–Crippen MR) is 64.6 cm³/mol. The summed E-state index contributed by atoms with van der Waals surface area (Å²) in [7, 11) is 3.44. The molecular formula is C11H12ClN3O. The van der Waals surface area contributed by atoms with E-state index >= 15 is 0 Å². The second-order valence-corrected chi connectivity index (χ2v) is 3.85. The van der Waals surface area contributed by atoms with Gasteiger partial charge in [-0.15, -0.1) is 0 Å². The average molecular weight is 238 g/mol. The molecule has 0 aliphatic carbocycles. The summed E-state index contributed by atoms with van der Waals surface area (Å²) in [5.41, 5.74) is 7.27. The van der Waals surface area contributed by atoms with Gasteiger partial charge in [-0.3, -0.25) is 0 Å². The van der Waals surface area contributed by atoms with Crippen LogP contribution in [0.4, 0.5) is 5.95 Å². The molecule has 0 fully saturated rings. The van der Waals surface area contributed by atoms with Crippen LogP contribution >= 0.6 is 11.6 Å². The smallest absolute Gasteiger partial charge is 0.200 e. The highest BCUT2D eigenvalue weighted by molar-refractivity contribution is 6.33. The number of nitrogens with zero attached hydrogens (tertiary/aromatic N) is 2. The Morgan fingerprint density at radius 2 is 2.19 bits per heavy atom. The monoisotopic (exact) mass is 237 g/mol. The molecule has 0 atom stereocenters. The highest BCUT2D eigenvalue weighted by Gasteiger charge is 2.09. The van der Waals surface area contributed by atoms with E-state index in [4.69, 9.17) is 22.1 Å². The van der Waals surface area contributed by atoms with Crippen LogP contribution in [0.1, 0.15) is 0 Å². The number of nitrogen functional groups attached to an aromatic ring is 1. The van der Waals surface area contributed by atoms with Gasteiger partial charge in [-0.05, 0) is 18.2 Å². The number of methoxy groups -OCH3 is 1. The molecule has 0 spiro atoms. The largest absolute Gasteiger partial charge is 0.497 e. The van der Waals surface area contributed by atoms with E-state index in [1.165, 1.54) is 0 Å². The Hall–Kier alpha value is -1.68. The molecule has 0 saturated carbocycles. The van der Waals surface area contributed by atoms with E-state index in [0.29, 0.717) is 11.0 Å². The molecule has 5 heteroatoms. The lowest BCUT2D eigenvalue weighted by Gasteiger charge is -2.03. The van der Waals surface area contributed by atoms with E-state index < -0.39 is 0 Å². The summed E-state index contributed by atoms with van der Waals surface area (Å²) in [6, 6.07) is 5.46. The molecule has 0 amide bonds. The number of halogens is 1. The maximum absolute atomic E-state index is 6.13. The molecular weight excluding hydrogens is 226 g/mol. The lowest BCUT2D eigenvalue weighted by Crippen LogP contribution is -1.94. The van der Waals surface area contributed by atoms with Crippen LogP contribution in [0.25, 0.3) is 11.3 Å². The van der Waals surface area contributed by atoms with Crippen LogP contribution in [0.15, 0.2) is 24.4 Å². The van der Waals surface area contributed by atoms with Gasteiger partial charge in [0.2, 0.25) is 0 Å². The lowest BCUT2D eigenvalue weighted by atomic mass is 10.1. The van der Waals surface area contributed by atoms with Crippen LogP contribution in [0, 0.1) is 0 Å². The number of hydrogen-bond donors (Lipinski definition) is 1. The number of imidazole rings is 1. The van der Waals surface area contributed by atoms with Gasteiger partial charge in [0.25, 0.3) is 0 Å². The van der Waals surface area contributed by atoms with Gasteiger partial charge < -0.3 is 15.0 Å². The van der Waals surface area contributed by atoms with Gasteiger partial charge >= 0.3 is 0 Å². The molecule has 2 aromatic rings. The second kappa shape index (κ2) is 4.06. The number of ether oxygens (including phenoxy) is 1. The predicted octanol–water partition coefficient (Wildman–Crippen LogP) is 2.33. The maximum Gasteiger partial charge on any atom is 0.200 e. The molecule has 0 bridgehead atoms. The molecule has 4 nitrogen and oxygen atoms in total. The number of hydrogen-bond acceptors (Lipinski definition) is 3. The standard InChI is InChI=1S/C11H12ClN3O/c1-15-6-10(14-11(15)13)8-4-3-7(16-2)5-9(8)12/h3-6H,1-2H3,(H2,13,14). The average Bonchev–Trinajstić information content (AvgIpc) is 2.58. The summed E-state index contributed by atoms with van der Waals surface area (Å²) in [6.45, 7) is 0. The van der Waals surface area contributed by atoms with Crippen LogP contribution < -0.4 is 10.5 Å². The van der Waals surface area contributed by atoms with Crippen LogP contribution in [0.3, 0.4) is 0 Å². The Bertz CT molecular complexity index is 502. The van der Waals surface area contributed by atoms with Crippen molar-refractivity contribution in [1.82, 2.24) is 9.55 Å². The number of benzene rings is 1. The van der Waals surface area contributed by atoms with Crippen molar-refractivity contribution in [3.63, 3.8) is 0 Å². The molecule has 2 N–H and O–H groups in total.